The lowest BCUT2D eigenvalue weighted by molar-refractivity contribution is -0.145. The lowest BCUT2D eigenvalue weighted by atomic mass is 10.1. The fraction of sp³-hybridized carbons (Fsp3) is 0.857. The Hall–Kier alpha value is -0.450. The molecule has 2 fully saturated rings. The Morgan fingerprint density at radius 2 is 2.27 bits per heavy atom. The van der Waals surface area contributed by atoms with Gasteiger partial charge in [-0.25, -0.2) is 0 Å². The number of fused-ring (bicyclic) bond motifs is 1. The normalized spacial score (nSPS) is 42.5. The number of hydrogen-bond acceptors (Lipinski definition) is 4. The Bertz CT molecular complexity index is 167. The second-order valence-corrected chi connectivity index (χ2v) is 2.83. The SMILES string of the molecule is CC(=O)[C@@H]1C[C@H]2OCO[C@H]2O1. The highest BCUT2D eigenvalue weighted by Gasteiger charge is 2.42. The van der Waals surface area contributed by atoms with Gasteiger partial charge < -0.3 is 14.2 Å². The summed E-state index contributed by atoms with van der Waals surface area (Å²) in [6.07, 6.45) is -0.00176. The van der Waals surface area contributed by atoms with E-state index >= 15 is 0 Å². The quantitative estimate of drug-likeness (QED) is 0.541. The highest BCUT2D eigenvalue weighted by Crippen LogP contribution is 2.28. The van der Waals surface area contributed by atoms with E-state index in [9.17, 15) is 4.79 Å². The van der Waals surface area contributed by atoms with Gasteiger partial charge in [-0.05, 0) is 6.92 Å². The second-order valence-electron chi connectivity index (χ2n) is 2.83. The molecular formula is C7H10O4. The summed E-state index contributed by atoms with van der Waals surface area (Å²) >= 11 is 0. The molecule has 0 N–H and O–H groups in total. The molecule has 0 bridgehead atoms. The van der Waals surface area contributed by atoms with Crippen LogP contribution in [0.25, 0.3) is 0 Å². The van der Waals surface area contributed by atoms with Crippen LogP contribution in [0, 0.1) is 0 Å². The van der Waals surface area contributed by atoms with Crippen LogP contribution in [-0.4, -0.2) is 31.1 Å². The maximum absolute atomic E-state index is 10.8. The molecular weight excluding hydrogens is 148 g/mol. The van der Waals surface area contributed by atoms with Crippen LogP contribution in [0.2, 0.25) is 0 Å². The third-order valence-electron chi connectivity index (χ3n) is 2.02. The van der Waals surface area contributed by atoms with Crippen molar-refractivity contribution in [2.45, 2.75) is 31.8 Å². The summed E-state index contributed by atoms with van der Waals surface area (Å²) in [5, 5.41) is 0. The molecule has 0 aromatic carbocycles. The first-order valence-corrected chi connectivity index (χ1v) is 3.66. The van der Waals surface area contributed by atoms with Crippen LogP contribution in [0.4, 0.5) is 0 Å². The molecule has 2 aliphatic heterocycles. The van der Waals surface area contributed by atoms with Crippen LogP contribution in [0.5, 0.6) is 0 Å². The van der Waals surface area contributed by atoms with Gasteiger partial charge in [0.15, 0.2) is 18.9 Å². The molecule has 0 spiro atoms. The summed E-state index contributed by atoms with van der Waals surface area (Å²) in [4.78, 5) is 10.8. The van der Waals surface area contributed by atoms with Gasteiger partial charge >= 0.3 is 0 Å². The van der Waals surface area contributed by atoms with Crippen LogP contribution >= 0.6 is 0 Å². The zero-order valence-electron chi connectivity index (χ0n) is 6.28. The van der Waals surface area contributed by atoms with Gasteiger partial charge in [-0.15, -0.1) is 0 Å². The summed E-state index contributed by atoms with van der Waals surface area (Å²) in [6.45, 7) is 1.81. The van der Waals surface area contributed by atoms with Crippen molar-refractivity contribution in [1.82, 2.24) is 0 Å². The van der Waals surface area contributed by atoms with E-state index in [4.69, 9.17) is 14.2 Å². The maximum atomic E-state index is 10.8. The Morgan fingerprint density at radius 1 is 1.45 bits per heavy atom. The van der Waals surface area contributed by atoms with Crippen molar-refractivity contribution >= 4 is 5.78 Å². The Kier molecular flexibility index (Phi) is 1.67. The van der Waals surface area contributed by atoms with E-state index in [0.717, 1.165) is 0 Å². The molecule has 0 amide bonds. The average Bonchev–Trinajstić information content (AvgIpc) is 2.40. The van der Waals surface area contributed by atoms with Crippen molar-refractivity contribution in [1.29, 1.82) is 0 Å². The molecule has 0 unspecified atom stereocenters. The summed E-state index contributed by atoms with van der Waals surface area (Å²) < 4.78 is 15.5. The summed E-state index contributed by atoms with van der Waals surface area (Å²) in [5.74, 6) is 0.0478. The van der Waals surface area contributed by atoms with Gasteiger partial charge in [0.05, 0.1) is 0 Å². The van der Waals surface area contributed by atoms with Crippen LogP contribution in [0.1, 0.15) is 13.3 Å². The first kappa shape index (κ1) is 7.21. The predicted molar refractivity (Wildman–Crippen MR) is 34.8 cm³/mol. The Labute approximate surface area is 64.4 Å². The molecule has 4 heteroatoms. The van der Waals surface area contributed by atoms with Crippen LogP contribution in [-0.2, 0) is 19.0 Å². The Balaban J connectivity index is 1.99. The number of hydrogen-bond donors (Lipinski definition) is 0. The largest absolute Gasteiger partial charge is 0.347 e. The fourth-order valence-electron chi connectivity index (χ4n) is 1.38. The summed E-state index contributed by atoms with van der Waals surface area (Å²) in [7, 11) is 0. The first-order chi connectivity index (χ1) is 5.27. The number of ether oxygens (including phenoxy) is 3. The molecule has 0 aromatic rings. The van der Waals surface area contributed by atoms with E-state index < -0.39 is 0 Å². The highest BCUT2D eigenvalue weighted by atomic mass is 16.8. The number of carbonyl (C=O) groups is 1. The predicted octanol–water partition coefficient (Wildman–Crippen LogP) is 0.0633. The van der Waals surface area contributed by atoms with Crippen LogP contribution < -0.4 is 0 Å². The summed E-state index contributed by atoms with van der Waals surface area (Å²) in [6, 6.07) is 0. The third kappa shape index (κ3) is 1.17. The molecule has 2 heterocycles. The van der Waals surface area contributed by atoms with E-state index in [1.807, 2.05) is 0 Å². The minimum Gasteiger partial charge on any atom is -0.347 e. The minimum atomic E-state index is -0.315. The van der Waals surface area contributed by atoms with Gasteiger partial charge in [0.25, 0.3) is 0 Å². The molecule has 0 saturated carbocycles. The van der Waals surface area contributed by atoms with Gasteiger partial charge in [-0.2, -0.15) is 0 Å². The number of Topliss-reactive ketones (excluding diaryl/α,β-unsaturated/α-hetero) is 1. The summed E-state index contributed by atoms with van der Waals surface area (Å²) in [5.41, 5.74) is 0. The van der Waals surface area contributed by atoms with Gasteiger partial charge in [0.2, 0.25) is 0 Å². The zero-order chi connectivity index (χ0) is 7.84. The van der Waals surface area contributed by atoms with E-state index in [-0.39, 0.29) is 24.3 Å². The van der Waals surface area contributed by atoms with Crippen LogP contribution in [0.3, 0.4) is 0 Å². The van der Waals surface area contributed by atoms with Crippen molar-refractivity contribution in [3.8, 4) is 0 Å². The van der Waals surface area contributed by atoms with Crippen molar-refractivity contribution in [3.05, 3.63) is 0 Å². The Morgan fingerprint density at radius 3 is 2.91 bits per heavy atom. The van der Waals surface area contributed by atoms with Gasteiger partial charge in [0, 0.05) is 6.42 Å². The standard InChI is InChI=1S/C7H10O4/c1-4(8)5-2-6-7(11-5)10-3-9-6/h5-7H,2-3H2,1H3/t5-,6+,7-/m0/s1. The van der Waals surface area contributed by atoms with E-state index in [2.05, 4.69) is 0 Å². The van der Waals surface area contributed by atoms with Crippen molar-refractivity contribution < 1.29 is 19.0 Å². The molecule has 2 aliphatic rings. The average molecular weight is 158 g/mol. The number of rotatable bonds is 1. The van der Waals surface area contributed by atoms with Gasteiger partial charge in [-0.3, -0.25) is 4.79 Å². The maximum Gasteiger partial charge on any atom is 0.187 e. The van der Waals surface area contributed by atoms with E-state index in [1.165, 1.54) is 6.92 Å². The molecule has 2 rings (SSSR count). The van der Waals surface area contributed by atoms with Crippen molar-refractivity contribution in [3.63, 3.8) is 0 Å². The lowest BCUT2D eigenvalue weighted by Gasteiger charge is -2.06. The smallest absolute Gasteiger partial charge is 0.187 e. The second kappa shape index (κ2) is 2.55. The molecule has 62 valence electrons. The number of carbonyl (C=O) groups excluding carboxylic acids is 1. The fourth-order valence-corrected chi connectivity index (χ4v) is 1.38. The number of ketones is 1. The molecule has 0 radical (unpaired) electrons. The topological polar surface area (TPSA) is 44.8 Å². The highest BCUT2D eigenvalue weighted by molar-refractivity contribution is 5.80. The molecule has 11 heavy (non-hydrogen) atoms. The molecule has 4 nitrogen and oxygen atoms in total. The zero-order valence-corrected chi connectivity index (χ0v) is 6.28. The molecule has 3 atom stereocenters. The van der Waals surface area contributed by atoms with E-state index in [1.54, 1.807) is 0 Å². The van der Waals surface area contributed by atoms with Crippen molar-refractivity contribution in [2.24, 2.45) is 0 Å². The monoisotopic (exact) mass is 158 g/mol. The van der Waals surface area contributed by atoms with Crippen LogP contribution in [0.15, 0.2) is 0 Å². The van der Waals surface area contributed by atoms with Crippen molar-refractivity contribution in [2.75, 3.05) is 6.79 Å². The minimum absolute atomic E-state index is 0.0242. The third-order valence-corrected chi connectivity index (χ3v) is 2.02. The molecule has 0 aliphatic carbocycles. The molecule has 0 aromatic heterocycles. The van der Waals surface area contributed by atoms with Gasteiger partial charge in [0.1, 0.15) is 12.2 Å². The van der Waals surface area contributed by atoms with Gasteiger partial charge in [-0.1, -0.05) is 0 Å². The lowest BCUT2D eigenvalue weighted by Crippen LogP contribution is -2.19. The molecule has 2 saturated heterocycles. The first-order valence-electron chi connectivity index (χ1n) is 3.66. The van der Waals surface area contributed by atoms with E-state index in [0.29, 0.717) is 13.2 Å².